The number of aromatic amines is 1. The third-order valence-electron chi connectivity index (χ3n) is 3.51. The number of hydrogen-bond acceptors (Lipinski definition) is 5. The molecule has 1 atom stereocenters. The normalized spacial score (nSPS) is 12.1. The van der Waals surface area contributed by atoms with E-state index in [9.17, 15) is 9.59 Å². The molecule has 0 aliphatic heterocycles. The van der Waals surface area contributed by atoms with Gasteiger partial charge in [-0.1, -0.05) is 42.1 Å². The van der Waals surface area contributed by atoms with Crippen LogP contribution in [0.4, 0.5) is 5.69 Å². The molecule has 0 fully saturated rings. The molecule has 0 saturated carbocycles. The first-order chi connectivity index (χ1) is 11.5. The summed E-state index contributed by atoms with van der Waals surface area (Å²) in [5.74, 6) is -0.168. The molecule has 1 aromatic heterocycles. The van der Waals surface area contributed by atoms with Gasteiger partial charge in [0, 0.05) is 5.69 Å². The number of carbonyl (C=O) groups is 1. The van der Waals surface area contributed by atoms with Crippen LogP contribution in [-0.2, 0) is 4.79 Å². The molecule has 2 aromatic carbocycles. The molecule has 6 nitrogen and oxygen atoms in total. The summed E-state index contributed by atoms with van der Waals surface area (Å²) in [6, 6.07) is 13.7. The maximum Gasteiger partial charge on any atom is 0.273 e. The van der Waals surface area contributed by atoms with Crippen LogP contribution < -0.4 is 10.9 Å². The molecule has 0 aliphatic carbocycles. The minimum absolute atomic E-state index is 0.168. The van der Waals surface area contributed by atoms with Gasteiger partial charge in [-0.25, -0.2) is 0 Å². The number of aryl methyl sites for hydroxylation is 1. The number of benzene rings is 2. The first kappa shape index (κ1) is 16.2. The highest BCUT2D eigenvalue weighted by Crippen LogP contribution is 2.22. The number of anilines is 1. The SMILES string of the molecule is Cc1nnc(S[C@H](C)C(=O)Nc2ccc3ccccc3c2)[nH]c1=O. The number of amides is 1. The van der Waals surface area contributed by atoms with Crippen LogP contribution >= 0.6 is 11.8 Å². The Morgan fingerprint density at radius 2 is 1.92 bits per heavy atom. The standard InChI is InChI=1S/C17H16N4O2S/c1-10-15(22)19-17(21-20-10)24-11(2)16(23)18-14-8-7-12-5-3-4-6-13(12)9-14/h3-9,11H,1-2H3,(H,18,23)(H,19,21,22)/t11-/m1/s1. The number of H-pyrrole nitrogens is 1. The maximum atomic E-state index is 12.3. The third-order valence-corrected chi connectivity index (χ3v) is 4.49. The van der Waals surface area contributed by atoms with E-state index >= 15 is 0 Å². The number of fused-ring (bicyclic) bond motifs is 1. The van der Waals surface area contributed by atoms with Crippen molar-refractivity contribution in [2.45, 2.75) is 24.3 Å². The summed E-state index contributed by atoms with van der Waals surface area (Å²) in [6.45, 7) is 3.33. The van der Waals surface area contributed by atoms with Crippen molar-refractivity contribution in [1.29, 1.82) is 0 Å². The molecular formula is C17H16N4O2S. The van der Waals surface area contributed by atoms with E-state index in [4.69, 9.17) is 0 Å². The summed E-state index contributed by atoms with van der Waals surface area (Å²) >= 11 is 1.16. The van der Waals surface area contributed by atoms with E-state index in [0.717, 1.165) is 28.2 Å². The van der Waals surface area contributed by atoms with Crippen LogP contribution in [0, 0.1) is 6.92 Å². The molecule has 0 radical (unpaired) electrons. The van der Waals surface area contributed by atoms with Crippen LogP contribution in [-0.4, -0.2) is 26.3 Å². The molecule has 0 bridgehead atoms. The largest absolute Gasteiger partial charge is 0.325 e. The molecule has 0 aliphatic rings. The Kier molecular flexibility index (Phi) is 4.61. The van der Waals surface area contributed by atoms with Gasteiger partial charge in [-0.05, 0) is 36.8 Å². The van der Waals surface area contributed by atoms with Gasteiger partial charge in [0.15, 0.2) is 5.16 Å². The zero-order valence-corrected chi connectivity index (χ0v) is 14.1. The van der Waals surface area contributed by atoms with Crippen molar-refractivity contribution in [3.63, 3.8) is 0 Å². The maximum absolute atomic E-state index is 12.3. The second-order valence-electron chi connectivity index (χ2n) is 5.36. The fraction of sp³-hybridized carbons (Fsp3) is 0.176. The molecule has 0 saturated heterocycles. The van der Waals surface area contributed by atoms with Gasteiger partial charge in [0.25, 0.3) is 5.56 Å². The van der Waals surface area contributed by atoms with Gasteiger partial charge in [0.1, 0.15) is 5.69 Å². The van der Waals surface area contributed by atoms with Crippen molar-refractivity contribution in [1.82, 2.24) is 15.2 Å². The summed E-state index contributed by atoms with van der Waals surface area (Å²) in [7, 11) is 0. The average Bonchev–Trinajstić information content (AvgIpc) is 2.58. The summed E-state index contributed by atoms with van der Waals surface area (Å²) in [5, 5.41) is 12.6. The zero-order valence-electron chi connectivity index (χ0n) is 13.2. The number of hydrogen-bond donors (Lipinski definition) is 2. The van der Waals surface area contributed by atoms with E-state index in [0.29, 0.717) is 10.9 Å². The Labute approximate surface area is 142 Å². The number of rotatable bonds is 4. The van der Waals surface area contributed by atoms with Crippen molar-refractivity contribution in [3.8, 4) is 0 Å². The number of nitrogens with zero attached hydrogens (tertiary/aromatic N) is 2. The Hall–Kier alpha value is -2.67. The molecule has 24 heavy (non-hydrogen) atoms. The van der Waals surface area contributed by atoms with Crippen molar-refractivity contribution in [2.75, 3.05) is 5.32 Å². The molecule has 0 unspecified atom stereocenters. The van der Waals surface area contributed by atoms with E-state index in [-0.39, 0.29) is 11.5 Å². The molecular weight excluding hydrogens is 324 g/mol. The van der Waals surface area contributed by atoms with Gasteiger partial charge >= 0.3 is 0 Å². The monoisotopic (exact) mass is 340 g/mol. The number of thioether (sulfide) groups is 1. The van der Waals surface area contributed by atoms with Gasteiger partial charge in [-0.3, -0.25) is 14.6 Å². The second-order valence-corrected chi connectivity index (χ2v) is 6.69. The van der Waals surface area contributed by atoms with E-state index in [2.05, 4.69) is 20.5 Å². The highest BCUT2D eigenvalue weighted by atomic mass is 32.2. The fourth-order valence-corrected chi connectivity index (χ4v) is 2.90. The van der Waals surface area contributed by atoms with Gasteiger partial charge in [0.05, 0.1) is 5.25 Å². The van der Waals surface area contributed by atoms with Crippen molar-refractivity contribution in [3.05, 3.63) is 58.5 Å². The third kappa shape index (κ3) is 3.62. The lowest BCUT2D eigenvalue weighted by molar-refractivity contribution is -0.115. The Balaban J connectivity index is 1.70. The number of aromatic nitrogens is 3. The topological polar surface area (TPSA) is 87.7 Å². The Morgan fingerprint density at radius 3 is 2.67 bits per heavy atom. The Bertz CT molecular complexity index is 954. The van der Waals surface area contributed by atoms with Crippen LogP contribution in [0.3, 0.4) is 0 Å². The molecule has 1 heterocycles. The smallest absolute Gasteiger partial charge is 0.273 e. The van der Waals surface area contributed by atoms with E-state index in [1.165, 1.54) is 0 Å². The van der Waals surface area contributed by atoms with Gasteiger partial charge in [-0.15, -0.1) is 10.2 Å². The molecule has 122 valence electrons. The summed E-state index contributed by atoms with van der Waals surface area (Å²) in [4.78, 5) is 26.5. The van der Waals surface area contributed by atoms with Gasteiger partial charge < -0.3 is 5.32 Å². The summed E-state index contributed by atoms with van der Waals surface area (Å²) < 4.78 is 0. The van der Waals surface area contributed by atoms with Crippen LogP contribution in [0.2, 0.25) is 0 Å². The fourth-order valence-electron chi connectivity index (χ4n) is 2.16. The molecule has 1 amide bonds. The number of nitrogens with one attached hydrogen (secondary N) is 2. The lowest BCUT2D eigenvalue weighted by Crippen LogP contribution is -2.23. The van der Waals surface area contributed by atoms with Crippen LogP contribution in [0.1, 0.15) is 12.6 Å². The molecule has 3 rings (SSSR count). The van der Waals surface area contributed by atoms with Gasteiger partial charge in [0.2, 0.25) is 5.91 Å². The van der Waals surface area contributed by atoms with E-state index < -0.39 is 5.25 Å². The van der Waals surface area contributed by atoms with E-state index in [1.54, 1.807) is 13.8 Å². The van der Waals surface area contributed by atoms with Crippen molar-refractivity contribution in [2.24, 2.45) is 0 Å². The highest BCUT2D eigenvalue weighted by Gasteiger charge is 2.16. The highest BCUT2D eigenvalue weighted by molar-refractivity contribution is 8.00. The lowest BCUT2D eigenvalue weighted by atomic mass is 10.1. The Morgan fingerprint density at radius 1 is 1.17 bits per heavy atom. The van der Waals surface area contributed by atoms with Crippen molar-refractivity contribution < 1.29 is 4.79 Å². The van der Waals surface area contributed by atoms with Crippen LogP contribution in [0.25, 0.3) is 10.8 Å². The first-order valence-corrected chi connectivity index (χ1v) is 8.31. The second kappa shape index (κ2) is 6.84. The minimum Gasteiger partial charge on any atom is -0.325 e. The molecule has 2 N–H and O–H groups in total. The molecule has 3 aromatic rings. The van der Waals surface area contributed by atoms with E-state index in [1.807, 2.05) is 42.5 Å². The quantitative estimate of drug-likeness (QED) is 0.713. The zero-order chi connectivity index (χ0) is 17.1. The predicted octanol–water partition coefficient (Wildman–Crippen LogP) is 2.75. The van der Waals surface area contributed by atoms with Crippen LogP contribution in [0.15, 0.2) is 52.4 Å². The predicted molar refractivity (Wildman–Crippen MR) is 95.3 cm³/mol. The lowest BCUT2D eigenvalue weighted by Gasteiger charge is -2.11. The van der Waals surface area contributed by atoms with Crippen LogP contribution in [0.5, 0.6) is 0 Å². The summed E-state index contributed by atoms with van der Waals surface area (Å²) in [6.07, 6.45) is 0. The number of carbonyl (C=O) groups excluding carboxylic acids is 1. The summed E-state index contributed by atoms with van der Waals surface area (Å²) in [5.41, 5.74) is 0.733. The van der Waals surface area contributed by atoms with Crippen molar-refractivity contribution >= 4 is 34.1 Å². The molecule has 0 spiro atoms. The first-order valence-electron chi connectivity index (χ1n) is 7.43. The average molecular weight is 340 g/mol. The van der Waals surface area contributed by atoms with Gasteiger partial charge in [-0.2, -0.15) is 0 Å². The minimum atomic E-state index is -0.427. The molecule has 7 heteroatoms.